The molecule has 0 saturated heterocycles. The molecular formula is C54H70N4O4. The summed E-state index contributed by atoms with van der Waals surface area (Å²) >= 11 is 0. The molecule has 62 heavy (non-hydrogen) atoms. The summed E-state index contributed by atoms with van der Waals surface area (Å²) in [5.74, 6) is 1.57. The number of unbranched alkanes of at least 4 members (excludes halogenated alkanes) is 14. The average molecular weight is 839 g/mol. The SMILES string of the molecule is CCCCCCCCCCOc1ccc(NC(=O)Nc2cc(NC(=O)Nc3ccc(OCCCCCCCCCC)cc3)c3ccc4cc(C(C)(C)C)cc5ccc2c3c54)cc1. The van der Waals surface area contributed by atoms with Gasteiger partial charge in [-0.25, -0.2) is 9.59 Å². The molecule has 6 rings (SSSR count). The highest BCUT2D eigenvalue weighted by Gasteiger charge is 2.21. The lowest BCUT2D eigenvalue weighted by atomic mass is 9.83. The molecule has 0 saturated carbocycles. The molecule has 330 valence electrons. The molecule has 4 amide bonds. The van der Waals surface area contributed by atoms with Crippen LogP contribution in [0, 0.1) is 0 Å². The van der Waals surface area contributed by atoms with Crippen molar-refractivity contribution in [2.24, 2.45) is 0 Å². The second-order valence-corrected chi connectivity index (χ2v) is 18.0. The minimum Gasteiger partial charge on any atom is -0.494 e. The first-order valence-electron chi connectivity index (χ1n) is 23.5. The third-order valence-electron chi connectivity index (χ3n) is 11.8. The number of nitrogens with one attached hydrogen (secondary N) is 4. The number of carbonyl (C=O) groups is 2. The van der Waals surface area contributed by atoms with Crippen LogP contribution in [0.1, 0.15) is 143 Å². The van der Waals surface area contributed by atoms with Gasteiger partial charge in [0, 0.05) is 27.5 Å². The Kier molecular flexibility index (Phi) is 17.1. The van der Waals surface area contributed by atoms with Crippen LogP contribution in [0.15, 0.2) is 91.0 Å². The second-order valence-electron chi connectivity index (χ2n) is 18.0. The highest BCUT2D eigenvalue weighted by atomic mass is 16.5. The number of ether oxygens (including phenoxy) is 2. The molecule has 0 aliphatic heterocycles. The van der Waals surface area contributed by atoms with E-state index in [-0.39, 0.29) is 17.5 Å². The van der Waals surface area contributed by atoms with E-state index in [1.807, 2.05) is 54.6 Å². The van der Waals surface area contributed by atoms with E-state index >= 15 is 0 Å². The number of hydrogen-bond donors (Lipinski definition) is 4. The highest BCUT2D eigenvalue weighted by molar-refractivity contribution is 6.29. The van der Waals surface area contributed by atoms with Crippen molar-refractivity contribution in [3.63, 3.8) is 0 Å². The summed E-state index contributed by atoms with van der Waals surface area (Å²) in [5.41, 5.74) is 3.68. The summed E-state index contributed by atoms with van der Waals surface area (Å²) in [6, 6.07) is 28.9. The number of anilines is 4. The minimum absolute atomic E-state index is 0.0325. The molecule has 4 N–H and O–H groups in total. The molecular weight excluding hydrogens is 769 g/mol. The van der Waals surface area contributed by atoms with Crippen LogP contribution in [-0.4, -0.2) is 25.3 Å². The molecule has 8 heteroatoms. The lowest BCUT2D eigenvalue weighted by molar-refractivity contribution is 0.261. The van der Waals surface area contributed by atoms with E-state index in [0.29, 0.717) is 36.0 Å². The van der Waals surface area contributed by atoms with Gasteiger partial charge in [-0.05, 0) is 94.6 Å². The molecule has 0 aliphatic carbocycles. The average Bonchev–Trinajstić information content (AvgIpc) is 3.25. The van der Waals surface area contributed by atoms with Crippen molar-refractivity contribution in [3.8, 4) is 11.5 Å². The van der Waals surface area contributed by atoms with Gasteiger partial charge in [0.2, 0.25) is 0 Å². The number of benzene rings is 6. The van der Waals surface area contributed by atoms with Crippen molar-refractivity contribution >= 4 is 67.1 Å². The van der Waals surface area contributed by atoms with E-state index in [1.165, 1.54) is 95.5 Å². The fraction of sp³-hybridized carbons (Fsp3) is 0.444. The van der Waals surface area contributed by atoms with Gasteiger partial charge in [0.25, 0.3) is 0 Å². The fourth-order valence-electron chi connectivity index (χ4n) is 8.25. The van der Waals surface area contributed by atoms with E-state index in [9.17, 15) is 9.59 Å². The first-order chi connectivity index (χ1) is 30.1. The van der Waals surface area contributed by atoms with Crippen molar-refractivity contribution in [3.05, 3.63) is 96.6 Å². The Morgan fingerprint density at radius 3 is 1.23 bits per heavy atom. The Labute approximate surface area is 370 Å². The molecule has 0 heterocycles. The van der Waals surface area contributed by atoms with E-state index in [0.717, 1.165) is 56.7 Å². The smallest absolute Gasteiger partial charge is 0.323 e. The highest BCUT2D eigenvalue weighted by Crippen LogP contribution is 2.43. The Bertz CT molecular complexity index is 2160. The van der Waals surface area contributed by atoms with Gasteiger partial charge in [-0.15, -0.1) is 0 Å². The number of carbonyl (C=O) groups excluding carboxylic acids is 2. The van der Waals surface area contributed by atoms with Crippen LogP contribution in [0.25, 0.3) is 32.3 Å². The van der Waals surface area contributed by atoms with Crippen LogP contribution in [0.4, 0.5) is 32.3 Å². The van der Waals surface area contributed by atoms with Crippen molar-refractivity contribution < 1.29 is 19.1 Å². The third-order valence-corrected chi connectivity index (χ3v) is 11.8. The molecule has 0 atom stereocenters. The maximum atomic E-state index is 13.6. The standard InChI is InChI=1S/C54H70N4O4/c1-6-8-10-12-14-16-18-20-34-61-44-28-24-42(25-29-44)55-52(59)57-48-38-49(47-33-23-40-37-41(54(3,4)5)36-39-22-32-46(48)51(47)50(39)40)58-53(60)56-43-26-30-45(31-27-43)62-35-21-19-17-15-13-11-9-7-2/h22-33,36-38H,6-21,34-35H2,1-5H3,(H2,55,57,59)(H2,56,58,60). The van der Waals surface area contributed by atoms with Gasteiger partial charge in [-0.2, -0.15) is 0 Å². The molecule has 8 nitrogen and oxygen atoms in total. The van der Waals surface area contributed by atoms with Crippen molar-refractivity contribution in [2.75, 3.05) is 34.5 Å². The van der Waals surface area contributed by atoms with Gasteiger partial charge in [-0.3, -0.25) is 0 Å². The van der Waals surface area contributed by atoms with Crippen molar-refractivity contribution in [2.45, 2.75) is 143 Å². The topological polar surface area (TPSA) is 101 Å². The first kappa shape index (κ1) is 46.0. The summed E-state index contributed by atoms with van der Waals surface area (Å²) < 4.78 is 12.0. The van der Waals surface area contributed by atoms with Crippen LogP contribution in [-0.2, 0) is 5.41 Å². The summed E-state index contributed by atoms with van der Waals surface area (Å²) in [6.45, 7) is 12.5. The predicted octanol–water partition coefficient (Wildman–Crippen LogP) is 16.2. The Morgan fingerprint density at radius 2 is 0.839 bits per heavy atom. The Balaban J connectivity index is 1.12. The van der Waals surface area contributed by atoms with Gasteiger partial charge in [0.1, 0.15) is 11.5 Å². The molecule has 6 aromatic rings. The normalized spacial score (nSPS) is 11.6. The minimum atomic E-state index is -0.386. The molecule has 0 radical (unpaired) electrons. The largest absolute Gasteiger partial charge is 0.494 e. The lowest BCUT2D eigenvalue weighted by Crippen LogP contribution is -2.21. The van der Waals surface area contributed by atoms with Crippen LogP contribution < -0.4 is 30.7 Å². The molecule has 0 spiro atoms. The summed E-state index contributed by atoms with van der Waals surface area (Å²) in [4.78, 5) is 27.3. The van der Waals surface area contributed by atoms with Crippen LogP contribution in [0.5, 0.6) is 11.5 Å². The summed E-state index contributed by atoms with van der Waals surface area (Å²) in [7, 11) is 0. The zero-order valence-corrected chi connectivity index (χ0v) is 38.0. The predicted molar refractivity (Wildman–Crippen MR) is 263 cm³/mol. The molecule has 0 aromatic heterocycles. The van der Waals surface area contributed by atoms with E-state index in [4.69, 9.17) is 9.47 Å². The van der Waals surface area contributed by atoms with Gasteiger partial charge in [0.15, 0.2) is 0 Å². The molecule has 0 aliphatic rings. The molecule has 6 aromatic carbocycles. The van der Waals surface area contributed by atoms with E-state index in [2.05, 4.69) is 92.3 Å². The number of hydrogen-bond acceptors (Lipinski definition) is 4. The molecule has 0 unspecified atom stereocenters. The van der Waals surface area contributed by atoms with E-state index < -0.39 is 0 Å². The second kappa shape index (κ2) is 23.1. The van der Waals surface area contributed by atoms with Gasteiger partial charge in [-0.1, -0.05) is 161 Å². The zero-order chi connectivity index (χ0) is 43.7. The van der Waals surface area contributed by atoms with Gasteiger partial charge >= 0.3 is 12.1 Å². The maximum absolute atomic E-state index is 13.6. The first-order valence-corrected chi connectivity index (χ1v) is 23.5. The molecule has 0 bridgehead atoms. The van der Waals surface area contributed by atoms with Crippen LogP contribution in [0.3, 0.4) is 0 Å². The third kappa shape index (κ3) is 13.3. The zero-order valence-electron chi connectivity index (χ0n) is 38.0. The van der Waals surface area contributed by atoms with Crippen LogP contribution in [0.2, 0.25) is 0 Å². The Hall–Kier alpha value is -5.50. The Morgan fingerprint density at radius 1 is 0.452 bits per heavy atom. The maximum Gasteiger partial charge on any atom is 0.323 e. The number of rotatable bonds is 24. The lowest BCUT2D eigenvalue weighted by Gasteiger charge is -2.23. The van der Waals surface area contributed by atoms with Crippen LogP contribution >= 0.6 is 0 Å². The number of urea groups is 2. The summed E-state index contributed by atoms with van der Waals surface area (Å²) in [5, 5.41) is 18.2. The quantitative estimate of drug-likeness (QED) is 0.0360. The van der Waals surface area contributed by atoms with Crippen molar-refractivity contribution in [1.29, 1.82) is 0 Å². The molecule has 0 fully saturated rings. The summed E-state index contributed by atoms with van der Waals surface area (Å²) in [6.07, 6.45) is 20.1. The number of amides is 4. The van der Waals surface area contributed by atoms with E-state index in [1.54, 1.807) is 0 Å². The van der Waals surface area contributed by atoms with Crippen molar-refractivity contribution in [1.82, 2.24) is 0 Å². The fourth-order valence-corrected chi connectivity index (χ4v) is 8.25. The monoisotopic (exact) mass is 839 g/mol. The van der Waals surface area contributed by atoms with Gasteiger partial charge in [0.05, 0.1) is 24.6 Å². The van der Waals surface area contributed by atoms with Gasteiger partial charge < -0.3 is 30.7 Å².